The number of nitrogens with zero attached hydrogens (tertiary/aromatic N) is 1. The molecule has 16 heavy (non-hydrogen) atoms. The highest BCUT2D eigenvalue weighted by Crippen LogP contribution is 2.14. The Labute approximate surface area is 88.5 Å². The average molecular weight is 232 g/mol. The maximum atomic E-state index is 11.8. The van der Waals surface area contributed by atoms with Crippen molar-refractivity contribution in [1.29, 1.82) is 0 Å². The molecule has 1 aromatic heterocycles. The Morgan fingerprint density at radius 1 is 1.50 bits per heavy atom. The van der Waals surface area contributed by atoms with Crippen LogP contribution in [-0.4, -0.2) is 23.4 Å². The third-order valence-electron chi connectivity index (χ3n) is 1.68. The van der Waals surface area contributed by atoms with E-state index in [1.807, 2.05) is 0 Å². The van der Waals surface area contributed by atoms with Gasteiger partial charge in [-0.15, -0.1) is 0 Å². The molecular weight excluding hydrogens is 225 g/mol. The summed E-state index contributed by atoms with van der Waals surface area (Å²) in [6, 6.07) is 2.70. The number of rotatable bonds is 3. The summed E-state index contributed by atoms with van der Waals surface area (Å²) >= 11 is 0. The van der Waals surface area contributed by atoms with Crippen LogP contribution in [0.2, 0.25) is 0 Å². The van der Waals surface area contributed by atoms with E-state index in [9.17, 15) is 22.8 Å². The van der Waals surface area contributed by atoms with E-state index in [4.69, 9.17) is 0 Å². The third kappa shape index (κ3) is 3.34. The molecule has 0 radical (unpaired) electrons. The first-order valence-electron chi connectivity index (χ1n) is 4.18. The van der Waals surface area contributed by atoms with E-state index >= 15 is 0 Å². The quantitative estimate of drug-likeness (QED) is 0.793. The van der Waals surface area contributed by atoms with Crippen molar-refractivity contribution < 1.29 is 22.8 Å². The van der Waals surface area contributed by atoms with Gasteiger partial charge in [-0.05, 0) is 17.7 Å². The summed E-state index contributed by atoms with van der Waals surface area (Å²) in [5, 5.41) is 1.68. The largest absolute Gasteiger partial charge is 0.471 e. The van der Waals surface area contributed by atoms with Crippen molar-refractivity contribution in [3.63, 3.8) is 0 Å². The van der Waals surface area contributed by atoms with Gasteiger partial charge in [0.1, 0.15) is 5.69 Å². The molecule has 0 atom stereocenters. The molecule has 0 aliphatic carbocycles. The fraction of sp³-hybridized carbons (Fsp3) is 0.222. The lowest BCUT2D eigenvalue weighted by Crippen LogP contribution is -2.36. The summed E-state index contributed by atoms with van der Waals surface area (Å²) in [7, 11) is 0. The third-order valence-corrected chi connectivity index (χ3v) is 1.68. The summed E-state index contributed by atoms with van der Waals surface area (Å²) < 4.78 is 35.5. The molecule has 0 bridgehead atoms. The minimum absolute atomic E-state index is 0.0961. The number of halogens is 3. The van der Waals surface area contributed by atoms with Crippen molar-refractivity contribution >= 4 is 12.2 Å². The average Bonchev–Trinajstić information content (AvgIpc) is 2.25. The fourth-order valence-electron chi connectivity index (χ4n) is 0.951. The molecule has 0 fully saturated rings. The van der Waals surface area contributed by atoms with E-state index in [0.717, 1.165) is 0 Å². The zero-order valence-electron chi connectivity index (χ0n) is 7.91. The maximum Gasteiger partial charge on any atom is 0.471 e. The van der Waals surface area contributed by atoms with Crippen LogP contribution in [0.3, 0.4) is 0 Å². The van der Waals surface area contributed by atoms with Crippen LogP contribution in [0.1, 0.15) is 16.1 Å². The Morgan fingerprint density at radius 2 is 2.19 bits per heavy atom. The van der Waals surface area contributed by atoms with Crippen molar-refractivity contribution in [3.8, 4) is 0 Å². The highest BCUT2D eigenvalue weighted by Gasteiger charge is 2.38. The molecule has 1 heterocycles. The number of carbonyl (C=O) groups is 2. The van der Waals surface area contributed by atoms with Gasteiger partial charge in [-0.25, -0.2) is 0 Å². The zero-order valence-corrected chi connectivity index (χ0v) is 7.91. The van der Waals surface area contributed by atoms with Crippen LogP contribution in [0.25, 0.3) is 0 Å². The molecule has 0 aliphatic heterocycles. The van der Waals surface area contributed by atoms with Crippen LogP contribution < -0.4 is 5.32 Å². The fourth-order valence-corrected chi connectivity index (χ4v) is 0.951. The van der Waals surface area contributed by atoms with Crippen LogP contribution >= 0.6 is 0 Å². The summed E-state index contributed by atoms with van der Waals surface area (Å²) in [6.07, 6.45) is -3.16. The molecule has 0 saturated carbocycles. The number of aldehydes is 1. The van der Waals surface area contributed by atoms with Crippen molar-refractivity contribution in [3.05, 3.63) is 29.6 Å². The zero-order chi connectivity index (χ0) is 12.2. The summed E-state index contributed by atoms with van der Waals surface area (Å²) in [5.41, 5.74) is 0.466. The van der Waals surface area contributed by atoms with Gasteiger partial charge in [0.05, 0.1) is 0 Å². The van der Waals surface area contributed by atoms with Gasteiger partial charge in [0.15, 0.2) is 6.29 Å². The Bertz CT molecular complexity index is 404. The summed E-state index contributed by atoms with van der Waals surface area (Å²) in [6.45, 7) is -0.304. The minimum Gasteiger partial charge on any atom is -0.344 e. The van der Waals surface area contributed by atoms with E-state index in [2.05, 4.69) is 4.98 Å². The first-order chi connectivity index (χ1) is 7.43. The molecule has 0 aromatic carbocycles. The molecule has 0 aliphatic rings. The molecule has 1 amide bonds. The molecule has 1 N–H and O–H groups in total. The topological polar surface area (TPSA) is 59.1 Å². The number of aromatic nitrogens is 1. The lowest BCUT2D eigenvalue weighted by atomic mass is 10.2. The van der Waals surface area contributed by atoms with Crippen LogP contribution in [-0.2, 0) is 11.3 Å². The van der Waals surface area contributed by atoms with Gasteiger partial charge in [-0.1, -0.05) is 0 Å². The van der Waals surface area contributed by atoms with E-state index in [0.29, 0.717) is 11.8 Å². The Balaban J connectivity index is 2.61. The molecule has 1 aromatic rings. The number of nitrogens with one attached hydrogen (secondary N) is 1. The smallest absolute Gasteiger partial charge is 0.344 e. The van der Waals surface area contributed by atoms with Crippen molar-refractivity contribution in [2.24, 2.45) is 0 Å². The van der Waals surface area contributed by atoms with Crippen molar-refractivity contribution in [2.45, 2.75) is 12.7 Å². The first-order valence-corrected chi connectivity index (χ1v) is 4.18. The number of amides is 1. The van der Waals surface area contributed by atoms with Crippen LogP contribution in [0.15, 0.2) is 18.3 Å². The van der Waals surface area contributed by atoms with Crippen molar-refractivity contribution in [1.82, 2.24) is 10.3 Å². The summed E-state index contributed by atoms with van der Waals surface area (Å²) in [5.74, 6) is -2.02. The number of pyridine rings is 1. The lowest BCUT2D eigenvalue weighted by Gasteiger charge is -2.07. The molecule has 0 spiro atoms. The lowest BCUT2D eigenvalue weighted by molar-refractivity contribution is -0.173. The van der Waals surface area contributed by atoms with Gasteiger partial charge < -0.3 is 5.32 Å². The molecule has 7 heteroatoms. The van der Waals surface area contributed by atoms with E-state index in [1.165, 1.54) is 18.3 Å². The van der Waals surface area contributed by atoms with Crippen LogP contribution in [0.5, 0.6) is 0 Å². The van der Waals surface area contributed by atoms with Gasteiger partial charge in [-0.3, -0.25) is 14.6 Å². The number of hydrogen-bond donors (Lipinski definition) is 1. The predicted molar refractivity (Wildman–Crippen MR) is 47.5 cm³/mol. The monoisotopic (exact) mass is 232 g/mol. The Hall–Kier alpha value is -1.92. The Morgan fingerprint density at radius 3 is 2.75 bits per heavy atom. The highest BCUT2D eigenvalue weighted by molar-refractivity contribution is 5.81. The van der Waals surface area contributed by atoms with Crippen LogP contribution in [0.4, 0.5) is 13.2 Å². The normalized spacial score (nSPS) is 10.9. The SMILES string of the molecule is O=Cc1cc(CNC(=O)C(F)(F)F)ccn1. The van der Waals surface area contributed by atoms with Gasteiger partial charge in [0.25, 0.3) is 0 Å². The van der Waals surface area contributed by atoms with E-state index in [-0.39, 0.29) is 12.2 Å². The molecule has 0 unspecified atom stereocenters. The second-order valence-electron chi connectivity index (χ2n) is 2.89. The second-order valence-corrected chi connectivity index (χ2v) is 2.89. The maximum absolute atomic E-state index is 11.8. The minimum atomic E-state index is -4.90. The molecule has 86 valence electrons. The first kappa shape index (κ1) is 12.2. The van der Waals surface area contributed by atoms with Gasteiger partial charge >= 0.3 is 12.1 Å². The Kier molecular flexibility index (Phi) is 3.60. The van der Waals surface area contributed by atoms with Crippen LogP contribution in [0, 0.1) is 0 Å². The molecule has 4 nitrogen and oxygen atoms in total. The van der Waals surface area contributed by atoms with Gasteiger partial charge in [0, 0.05) is 12.7 Å². The van der Waals surface area contributed by atoms with Crippen molar-refractivity contribution in [2.75, 3.05) is 0 Å². The highest BCUT2D eigenvalue weighted by atomic mass is 19.4. The number of carbonyl (C=O) groups excluding carboxylic acids is 2. The molecule has 1 rings (SSSR count). The van der Waals surface area contributed by atoms with Gasteiger partial charge in [0.2, 0.25) is 0 Å². The second kappa shape index (κ2) is 4.73. The number of hydrogen-bond acceptors (Lipinski definition) is 3. The summed E-state index contributed by atoms with van der Waals surface area (Å²) in [4.78, 5) is 24.4. The van der Waals surface area contributed by atoms with E-state index in [1.54, 1.807) is 5.32 Å². The molecule has 0 saturated heterocycles. The predicted octanol–water partition coefficient (Wildman–Crippen LogP) is 1.07. The number of alkyl halides is 3. The van der Waals surface area contributed by atoms with Gasteiger partial charge in [-0.2, -0.15) is 13.2 Å². The van der Waals surface area contributed by atoms with E-state index < -0.39 is 12.1 Å². The molecular formula is C9H7F3N2O2. The standard InChI is InChI=1S/C9H7F3N2O2/c10-9(11,12)8(16)14-4-6-1-2-13-7(3-6)5-15/h1-3,5H,4H2,(H,14,16).